The van der Waals surface area contributed by atoms with Crippen LogP contribution in [0, 0.1) is 10.1 Å². The zero-order chi connectivity index (χ0) is 26.0. The fraction of sp³-hybridized carbons (Fsp3) is 0.0769. The van der Waals surface area contributed by atoms with Gasteiger partial charge in [0.1, 0.15) is 0 Å². The van der Waals surface area contributed by atoms with Crippen LogP contribution in [0.1, 0.15) is 22.7 Å². The molecule has 1 atom stereocenters. The summed E-state index contributed by atoms with van der Waals surface area (Å²) in [6.07, 6.45) is -2.09. The van der Waals surface area contributed by atoms with Gasteiger partial charge in [0.2, 0.25) is 0 Å². The number of carbonyl (C=O) groups is 2. The second kappa shape index (κ2) is 9.49. The van der Waals surface area contributed by atoms with Crippen molar-refractivity contribution < 1.29 is 32.8 Å². The maximum Gasteiger partial charge on any atom is 0.416 e. The molecular formula is C26H17F3N2O5. The maximum atomic E-state index is 13.3. The number of ketones is 1. The predicted molar refractivity (Wildman–Crippen MR) is 125 cm³/mol. The van der Waals surface area contributed by atoms with Gasteiger partial charge in [-0.2, -0.15) is 13.2 Å². The molecule has 7 nitrogen and oxygen atoms in total. The lowest BCUT2D eigenvalue weighted by Gasteiger charge is -2.27. The van der Waals surface area contributed by atoms with Crippen LogP contribution in [0.25, 0.3) is 6.08 Å². The predicted octanol–water partition coefficient (Wildman–Crippen LogP) is 5.80. The maximum absolute atomic E-state index is 13.3. The van der Waals surface area contributed by atoms with E-state index in [9.17, 15) is 38.0 Å². The van der Waals surface area contributed by atoms with Crippen molar-refractivity contribution in [1.29, 1.82) is 0 Å². The molecule has 1 heterocycles. The van der Waals surface area contributed by atoms with Gasteiger partial charge in [-0.05, 0) is 47.5 Å². The van der Waals surface area contributed by atoms with Gasteiger partial charge in [-0.1, -0.05) is 42.5 Å². The monoisotopic (exact) mass is 494 g/mol. The molecule has 0 bridgehead atoms. The highest BCUT2D eigenvalue weighted by Gasteiger charge is 2.44. The van der Waals surface area contributed by atoms with Crippen LogP contribution < -0.4 is 4.90 Å². The van der Waals surface area contributed by atoms with E-state index in [-0.39, 0.29) is 22.5 Å². The molecule has 1 N–H and O–H groups in total. The molecule has 0 fully saturated rings. The number of anilines is 1. The molecule has 0 radical (unpaired) electrons. The highest BCUT2D eigenvalue weighted by molar-refractivity contribution is 6.19. The van der Waals surface area contributed by atoms with Crippen molar-refractivity contribution in [2.45, 2.75) is 12.2 Å². The highest BCUT2D eigenvalue weighted by atomic mass is 19.4. The Morgan fingerprint density at radius 1 is 1.00 bits per heavy atom. The number of nitro benzene ring substituents is 1. The summed E-state index contributed by atoms with van der Waals surface area (Å²) < 4.78 is 40.0. The molecule has 10 heteroatoms. The van der Waals surface area contributed by atoms with E-state index in [4.69, 9.17) is 0 Å². The van der Waals surface area contributed by atoms with Gasteiger partial charge in [0.05, 0.1) is 22.1 Å². The minimum absolute atomic E-state index is 0.187. The Kier molecular flexibility index (Phi) is 6.43. The highest BCUT2D eigenvalue weighted by Crippen LogP contribution is 2.43. The first-order valence-electron chi connectivity index (χ1n) is 10.5. The summed E-state index contributed by atoms with van der Waals surface area (Å²) >= 11 is 0. The summed E-state index contributed by atoms with van der Waals surface area (Å²) in [6.45, 7) is 0. The number of halogens is 3. The quantitative estimate of drug-likeness (QED) is 0.265. The van der Waals surface area contributed by atoms with Gasteiger partial charge in [0, 0.05) is 17.8 Å². The van der Waals surface area contributed by atoms with Crippen molar-refractivity contribution >= 4 is 29.1 Å². The number of rotatable bonds is 6. The Balaban J connectivity index is 1.82. The Labute approximate surface area is 202 Å². The van der Waals surface area contributed by atoms with E-state index in [1.54, 1.807) is 30.3 Å². The van der Waals surface area contributed by atoms with Crippen LogP contribution in [0.3, 0.4) is 0 Å². The number of allylic oxidation sites excluding steroid dienone is 1. The number of hydrogen-bond donors (Lipinski definition) is 1. The topological polar surface area (TPSA) is 101 Å². The number of non-ortho nitro benzene ring substituents is 1. The lowest BCUT2D eigenvalue weighted by molar-refractivity contribution is -0.384. The zero-order valence-electron chi connectivity index (χ0n) is 18.3. The van der Waals surface area contributed by atoms with Gasteiger partial charge in [0.25, 0.3) is 11.6 Å². The van der Waals surface area contributed by atoms with Crippen LogP contribution in [0.15, 0.2) is 96.3 Å². The van der Waals surface area contributed by atoms with Gasteiger partial charge in [0.15, 0.2) is 11.5 Å². The minimum atomic E-state index is -4.70. The summed E-state index contributed by atoms with van der Waals surface area (Å²) in [6, 6.07) is 16.1. The zero-order valence-corrected chi connectivity index (χ0v) is 18.3. The van der Waals surface area contributed by atoms with E-state index < -0.39 is 40.2 Å². The molecule has 1 aliphatic heterocycles. The van der Waals surface area contributed by atoms with Crippen LogP contribution >= 0.6 is 0 Å². The summed E-state index contributed by atoms with van der Waals surface area (Å²) in [7, 11) is 0. The molecule has 0 saturated carbocycles. The molecular weight excluding hydrogens is 477 g/mol. The summed E-state index contributed by atoms with van der Waals surface area (Å²) in [5.74, 6) is -2.74. The molecule has 0 aromatic heterocycles. The number of benzene rings is 3. The molecule has 3 aromatic carbocycles. The van der Waals surface area contributed by atoms with E-state index in [2.05, 4.69) is 0 Å². The largest absolute Gasteiger partial charge is 0.503 e. The van der Waals surface area contributed by atoms with Crippen molar-refractivity contribution in [3.05, 3.63) is 123 Å². The van der Waals surface area contributed by atoms with E-state index in [0.717, 1.165) is 41.3 Å². The van der Waals surface area contributed by atoms with Gasteiger partial charge < -0.3 is 5.11 Å². The first-order valence-corrected chi connectivity index (χ1v) is 10.5. The smallest absolute Gasteiger partial charge is 0.416 e. The van der Waals surface area contributed by atoms with E-state index in [1.807, 2.05) is 0 Å². The molecule has 0 saturated heterocycles. The summed E-state index contributed by atoms with van der Waals surface area (Å²) in [5.41, 5.74) is -1.01. The number of nitrogens with zero attached hydrogens (tertiary/aromatic N) is 2. The Morgan fingerprint density at radius 3 is 2.28 bits per heavy atom. The standard InChI is InChI=1S/C26H17F3N2O5/c27-26(28,29)18-7-4-8-20(15-18)30-23(17-10-12-19(13-11-17)31(35)36)22(24(33)25(30)34)21(32)14-9-16-5-2-1-3-6-16/h1-15,23,33H/b14-9+/t23-/m1/s1. The normalized spacial score (nSPS) is 16.1. The average molecular weight is 494 g/mol. The molecule has 182 valence electrons. The third-order valence-corrected chi connectivity index (χ3v) is 5.57. The summed E-state index contributed by atoms with van der Waals surface area (Å²) in [4.78, 5) is 37.5. The third kappa shape index (κ3) is 4.74. The number of nitro groups is 1. The van der Waals surface area contributed by atoms with Crippen LogP contribution in [0.2, 0.25) is 0 Å². The molecule has 4 rings (SSSR count). The molecule has 0 aliphatic carbocycles. The molecule has 0 spiro atoms. The van der Waals surface area contributed by atoms with Crippen LogP contribution in [0.4, 0.5) is 24.5 Å². The van der Waals surface area contributed by atoms with Crippen molar-refractivity contribution in [2.75, 3.05) is 4.90 Å². The summed E-state index contributed by atoms with van der Waals surface area (Å²) in [5, 5.41) is 21.7. The van der Waals surface area contributed by atoms with Crippen molar-refractivity contribution in [3.8, 4) is 0 Å². The second-order valence-corrected chi connectivity index (χ2v) is 7.84. The Hall–Kier alpha value is -4.73. The van der Waals surface area contributed by atoms with Crippen molar-refractivity contribution in [1.82, 2.24) is 0 Å². The fourth-order valence-electron chi connectivity index (χ4n) is 3.87. The second-order valence-electron chi connectivity index (χ2n) is 7.84. The van der Waals surface area contributed by atoms with Crippen molar-refractivity contribution in [3.63, 3.8) is 0 Å². The number of aliphatic hydroxyl groups excluding tert-OH is 1. The van der Waals surface area contributed by atoms with E-state index in [0.29, 0.717) is 5.56 Å². The Morgan fingerprint density at radius 2 is 1.67 bits per heavy atom. The van der Waals surface area contributed by atoms with Gasteiger partial charge in [-0.15, -0.1) is 0 Å². The molecule has 0 unspecified atom stereocenters. The Bertz CT molecular complexity index is 1400. The molecule has 3 aromatic rings. The minimum Gasteiger partial charge on any atom is -0.503 e. The fourth-order valence-corrected chi connectivity index (χ4v) is 3.87. The van der Waals surface area contributed by atoms with E-state index >= 15 is 0 Å². The van der Waals surface area contributed by atoms with Crippen LogP contribution in [-0.4, -0.2) is 21.7 Å². The lowest BCUT2D eigenvalue weighted by atomic mass is 9.95. The van der Waals surface area contributed by atoms with Gasteiger partial charge >= 0.3 is 6.18 Å². The SMILES string of the molecule is O=C(/C=C/c1ccccc1)C1=C(O)C(=O)N(c2cccc(C(F)(F)F)c2)[C@@H]1c1ccc([N+](=O)[O-])cc1. The molecule has 36 heavy (non-hydrogen) atoms. The molecule has 1 amide bonds. The molecule has 1 aliphatic rings. The first kappa shape index (κ1) is 24.4. The average Bonchev–Trinajstić information content (AvgIpc) is 3.13. The van der Waals surface area contributed by atoms with Crippen LogP contribution in [-0.2, 0) is 15.8 Å². The number of carbonyl (C=O) groups excluding carboxylic acids is 2. The third-order valence-electron chi connectivity index (χ3n) is 5.57. The van der Waals surface area contributed by atoms with Crippen molar-refractivity contribution in [2.24, 2.45) is 0 Å². The van der Waals surface area contributed by atoms with E-state index in [1.165, 1.54) is 24.3 Å². The van der Waals surface area contributed by atoms with Gasteiger partial charge in [-0.3, -0.25) is 24.6 Å². The number of amides is 1. The van der Waals surface area contributed by atoms with Gasteiger partial charge in [-0.25, -0.2) is 0 Å². The lowest BCUT2D eigenvalue weighted by Crippen LogP contribution is -2.31. The first-order chi connectivity index (χ1) is 17.1. The van der Waals surface area contributed by atoms with Crippen LogP contribution in [0.5, 0.6) is 0 Å². The number of alkyl halides is 3. The number of hydrogen-bond acceptors (Lipinski definition) is 5. The number of aliphatic hydroxyl groups is 1.